The van der Waals surface area contributed by atoms with E-state index in [-0.39, 0.29) is 5.82 Å². The minimum absolute atomic E-state index is 0.191. The van der Waals surface area contributed by atoms with Crippen molar-refractivity contribution in [2.45, 2.75) is 13.0 Å². The van der Waals surface area contributed by atoms with Crippen LogP contribution >= 0.6 is 0 Å². The largest absolute Gasteiger partial charge is 0.360 e. The van der Waals surface area contributed by atoms with Gasteiger partial charge >= 0.3 is 0 Å². The van der Waals surface area contributed by atoms with Gasteiger partial charge in [0.15, 0.2) is 0 Å². The van der Waals surface area contributed by atoms with Crippen molar-refractivity contribution >= 4 is 11.5 Å². The lowest BCUT2D eigenvalue weighted by Gasteiger charge is -2.09. The molecule has 4 rings (SSSR count). The normalized spacial score (nSPS) is 11.2. The summed E-state index contributed by atoms with van der Waals surface area (Å²) in [6, 6.07) is 5.86. The zero-order chi connectivity index (χ0) is 19.0. The van der Waals surface area contributed by atoms with Crippen LogP contribution in [0.15, 0.2) is 43.0 Å². The first kappa shape index (κ1) is 16.7. The molecule has 0 aliphatic rings. The van der Waals surface area contributed by atoms with Gasteiger partial charge in [0, 0.05) is 17.8 Å². The number of imidazole rings is 2. The summed E-state index contributed by atoms with van der Waals surface area (Å²) in [6.45, 7) is 6.60. The van der Waals surface area contributed by atoms with Gasteiger partial charge in [0.05, 0.1) is 30.5 Å². The van der Waals surface area contributed by atoms with Gasteiger partial charge in [0.1, 0.15) is 5.69 Å². The number of aromatic nitrogens is 6. The van der Waals surface area contributed by atoms with Crippen molar-refractivity contribution in [2.24, 2.45) is 0 Å². The predicted molar refractivity (Wildman–Crippen MR) is 89.7 cm³/mol. The van der Waals surface area contributed by atoms with Crippen molar-refractivity contribution in [1.82, 2.24) is 29.1 Å². The molecule has 134 valence electrons. The van der Waals surface area contributed by atoms with Crippen LogP contribution in [0, 0.1) is 12.5 Å². The number of halogens is 3. The molecular weight excluding hydrogens is 359 g/mol. The zero-order valence-electron chi connectivity index (χ0n) is 13.6. The van der Waals surface area contributed by atoms with Crippen LogP contribution in [0.2, 0.25) is 0 Å². The molecule has 0 radical (unpaired) electrons. The topological polar surface area (TPSA) is 65.3 Å². The number of hydrogen-bond donors (Lipinski definition) is 0. The van der Waals surface area contributed by atoms with Crippen molar-refractivity contribution in [2.75, 3.05) is 0 Å². The molecule has 27 heavy (non-hydrogen) atoms. The average molecular weight is 369 g/mol. The van der Waals surface area contributed by atoms with E-state index in [0.29, 0.717) is 28.3 Å². The second-order valence-electron chi connectivity index (χ2n) is 5.57. The van der Waals surface area contributed by atoms with E-state index in [1.165, 1.54) is 33.9 Å². The van der Waals surface area contributed by atoms with Gasteiger partial charge in [0.2, 0.25) is 11.6 Å². The maximum absolute atomic E-state index is 13.1. The van der Waals surface area contributed by atoms with E-state index in [9.17, 15) is 13.2 Å². The van der Waals surface area contributed by atoms with Crippen LogP contribution in [-0.2, 0) is 6.54 Å². The zero-order valence-corrected chi connectivity index (χ0v) is 13.6. The van der Waals surface area contributed by atoms with Crippen molar-refractivity contribution in [1.29, 1.82) is 0 Å². The Bertz CT molecular complexity index is 1160. The minimum Gasteiger partial charge on any atom is -0.360 e. The monoisotopic (exact) mass is 369 g/mol. The highest BCUT2D eigenvalue weighted by molar-refractivity contribution is 5.76. The Kier molecular flexibility index (Phi) is 4.04. The van der Waals surface area contributed by atoms with Gasteiger partial charge in [-0.15, -0.1) is 4.52 Å². The molecule has 4 heterocycles. The number of rotatable bonds is 4. The van der Waals surface area contributed by atoms with Crippen LogP contribution < -0.4 is 0 Å². The van der Waals surface area contributed by atoms with Crippen molar-refractivity contribution < 1.29 is 13.2 Å². The lowest BCUT2D eigenvalue weighted by molar-refractivity contribution is 0.127. The molecule has 0 saturated carbocycles. The molecule has 0 saturated heterocycles. The first-order valence-corrected chi connectivity index (χ1v) is 7.74. The smallest absolute Gasteiger partial charge is 0.275 e. The lowest BCUT2D eigenvalue weighted by Crippen LogP contribution is -2.08. The first-order valence-electron chi connectivity index (χ1n) is 7.74. The van der Waals surface area contributed by atoms with Crippen LogP contribution in [0.3, 0.4) is 0 Å². The Hall–Kier alpha value is -3.74. The molecule has 0 atom stereocenters. The summed E-state index contributed by atoms with van der Waals surface area (Å²) in [5, 5.41) is 4.36. The van der Waals surface area contributed by atoms with Gasteiger partial charge < -0.3 is 9.41 Å². The highest BCUT2D eigenvalue weighted by atomic mass is 19.3. The third-order valence-electron chi connectivity index (χ3n) is 3.87. The predicted octanol–water partition coefficient (Wildman–Crippen LogP) is 3.61. The molecular formula is C17H10F3N7. The average Bonchev–Trinajstić information content (AvgIpc) is 3.25. The van der Waals surface area contributed by atoms with Gasteiger partial charge in [-0.1, -0.05) is 11.7 Å². The van der Waals surface area contributed by atoms with Crippen LogP contribution in [-0.4, -0.2) is 35.6 Å². The van der Waals surface area contributed by atoms with Crippen molar-refractivity contribution in [3.05, 3.63) is 60.4 Å². The van der Waals surface area contributed by atoms with E-state index >= 15 is 0 Å². The fourth-order valence-corrected chi connectivity index (χ4v) is 2.73. The molecule has 0 aliphatic carbocycles. The van der Waals surface area contributed by atoms with Gasteiger partial charge in [0.25, 0.3) is 12.2 Å². The van der Waals surface area contributed by atoms with Gasteiger partial charge in [-0.2, -0.15) is 4.39 Å². The Labute approximate surface area is 150 Å². The van der Waals surface area contributed by atoms with Gasteiger partial charge in [-0.25, -0.2) is 23.7 Å². The minimum atomic E-state index is -2.60. The van der Waals surface area contributed by atoms with E-state index < -0.39 is 18.9 Å². The third kappa shape index (κ3) is 2.99. The molecule has 0 aromatic carbocycles. The summed E-state index contributed by atoms with van der Waals surface area (Å²) in [5.41, 5.74) is 1.88. The first-order chi connectivity index (χ1) is 13.1. The Balaban J connectivity index is 1.93. The number of nitrogens with zero attached hydrogens (tertiary/aromatic N) is 7. The van der Waals surface area contributed by atoms with E-state index in [4.69, 9.17) is 6.57 Å². The lowest BCUT2D eigenvalue weighted by atomic mass is 10.1. The molecule has 0 fully saturated rings. The summed E-state index contributed by atoms with van der Waals surface area (Å²) < 4.78 is 41.8. The highest BCUT2D eigenvalue weighted by Gasteiger charge is 2.21. The van der Waals surface area contributed by atoms with E-state index in [1.807, 2.05) is 0 Å². The SMILES string of the molecule is [C-]#[N+]c1cnc2ccc(-c3c(-c4ccc(F)nc4)ncn3CC(F)F)nn12. The van der Waals surface area contributed by atoms with Crippen LogP contribution in [0.1, 0.15) is 0 Å². The molecule has 0 bridgehead atoms. The fraction of sp³-hybridized carbons (Fsp3) is 0.118. The molecule has 0 aliphatic heterocycles. The fourth-order valence-electron chi connectivity index (χ4n) is 2.73. The summed E-state index contributed by atoms with van der Waals surface area (Å²) in [6.07, 6.45) is 1.32. The molecule has 0 spiro atoms. The maximum Gasteiger partial charge on any atom is 0.275 e. The van der Waals surface area contributed by atoms with E-state index in [0.717, 1.165) is 6.07 Å². The molecule has 4 aromatic rings. The van der Waals surface area contributed by atoms with Crippen LogP contribution in [0.4, 0.5) is 19.0 Å². The molecule has 0 unspecified atom stereocenters. The molecule has 0 N–H and O–H groups in total. The second kappa shape index (κ2) is 6.53. The third-order valence-corrected chi connectivity index (χ3v) is 3.87. The Morgan fingerprint density at radius 3 is 2.63 bits per heavy atom. The number of hydrogen-bond acceptors (Lipinski definition) is 4. The summed E-state index contributed by atoms with van der Waals surface area (Å²) in [5.74, 6) is -0.469. The second-order valence-corrected chi connectivity index (χ2v) is 5.57. The number of fused-ring (bicyclic) bond motifs is 1. The van der Waals surface area contributed by atoms with Crippen LogP contribution in [0.25, 0.3) is 33.1 Å². The summed E-state index contributed by atoms with van der Waals surface area (Å²) in [7, 11) is 0. The number of pyridine rings is 1. The van der Waals surface area contributed by atoms with Crippen molar-refractivity contribution in [3.8, 4) is 22.6 Å². The molecule has 10 heteroatoms. The molecule has 7 nitrogen and oxygen atoms in total. The standard InChI is InChI=1S/C17H10F3N7/c1-21-15-7-23-14-5-3-11(25-27(14)15)17-16(10-2-4-13(20)22-6-10)24-9-26(17)8-12(18)19/h2-7,9,12H,8H2. The molecule has 0 amide bonds. The Morgan fingerprint density at radius 2 is 1.93 bits per heavy atom. The maximum atomic E-state index is 13.1. The Morgan fingerprint density at radius 1 is 1.07 bits per heavy atom. The summed E-state index contributed by atoms with van der Waals surface area (Å²) in [4.78, 5) is 15.2. The van der Waals surface area contributed by atoms with Gasteiger partial charge in [-0.05, 0) is 18.2 Å². The van der Waals surface area contributed by atoms with E-state index in [2.05, 4.69) is 24.9 Å². The highest BCUT2D eigenvalue weighted by Crippen LogP contribution is 2.31. The quantitative estimate of drug-likeness (QED) is 0.407. The van der Waals surface area contributed by atoms with Gasteiger partial charge in [-0.3, -0.25) is 0 Å². The summed E-state index contributed by atoms with van der Waals surface area (Å²) >= 11 is 0. The van der Waals surface area contributed by atoms with Crippen molar-refractivity contribution in [3.63, 3.8) is 0 Å². The number of alkyl halides is 2. The van der Waals surface area contributed by atoms with Crippen LogP contribution in [0.5, 0.6) is 0 Å². The van der Waals surface area contributed by atoms with E-state index in [1.54, 1.807) is 12.1 Å². The molecule has 4 aromatic heterocycles.